The number of esters is 1. The number of methoxy groups -OCH3 is 1. The summed E-state index contributed by atoms with van der Waals surface area (Å²) < 4.78 is 4.73. The Hall–Kier alpha value is -2.62. The number of hydrogen-bond donors (Lipinski definition) is 1. The fourth-order valence-electron chi connectivity index (χ4n) is 2.28. The van der Waals surface area contributed by atoms with Crippen LogP contribution in [-0.2, 0) is 9.53 Å². The maximum absolute atomic E-state index is 11.4. The standard InChI is InChI=1S/C18H20N2O2/c1-22-18(21)11-10-15(16-6-2-3-7-17(16)19)9-8-14-5-4-12-20-13-14/h2-9,12-13,15H,10-11,19H2,1H3. The third-order valence-corrected chi connectivity index (χ3v) is 3.49. The number of nitrogen functional groups attached to an aromatic ring is 1. The van der Waals surface area contributed by atoms with Crippen LogP contribution in [0.5, 0.6) is 0 Å². The molecule has 0 amide bonds. The van der Waals surface area contributed by atoms with Crippen molar-refractivity contribution in [2.75, 3.05) is 12.8 Å². The zero-order chi connectivity index (χ0) is 15.8. The lowest BCUT2D eigenvalue weighted by Gasteiger charge is -2.15. The molecule has 1 aromatic carbocycles. The van der Waals surface area contributed by atoms with Gasteiger partial charge >= 0.3 is 5.97 Å². The Morgan fingerprint density at radius 3 is 2.82 bits per heavy atom. The molecule has 1 aromatic heterocycles. The summed E-state index contributed by atoms with van der Waals surface area (Å²) in [5.41, 5.74) is 8.83. The van der Waals surface area contributed by atoms with Gasteiger partial charge in [-0.3, -0.25) is 9.78 Å². The van der Waals surface area contributed by atoms with Crippen molar-refractivity contribution in [3.05, 3.63) is 66.0 Å². The number of nitrogens with zero attached hydrogens (tertiary/aromatic N) is 1. The van der Waals surface area contributed by atoms with Gasteiger partial charge in [-0.15, -0.1) is 0 Å². The van der Waals surface area contributed by atoms with Crippen LogP contribution in [-0.4, -0.2) is 18.1 Å². The maximum Gasteiger partial charge on any atom is 0.305 e. The maximum atomic E-state index is 11.4. The Kier molecular flexibility index (Phi) is 5.72. The lowest BCUT2D eigenvalue weighted by Crippen LogP contribution is -2.06. The Morgan fingerprint density at radius 1 is 1.32 bits per heavy atom. The summed E-state index contributed by atoms with van der Waals surface area (Å²) in [6, 6.07) is 11.6. The van der Waals surface area contributed by atoms with Crippen LogP contribution in [0.4, 0.5) is 5.69 Å². The minimum atomic E-state index is -0.214. The number of aromatic nitrogens is 1. The first kappa shape index (κ1) is 15.8. The fourth-order valence-corrected chi connectivity index (χ4v) is 2.28. The van der Waals surface area contributed by atoms with Crippen molar-refractivity contribution in [1.29, 1.82) is 0 Å². The Bertz CT molecular complexity index is 639. The lowest BCUT2D eigenvalue weighted by molar-refractivity contribution is -0.140. The second-order valence-corrected chi connectivity index (χ2v) is 5.00. The molecular weight excluding hydrogens is 276 g/mol. The molecule has 4 nitrogen and oxygen atoms in total. The molecule has 0 bridgehead atoms. The van der Waals surface area contributed by atoms with Gasteiger partial charge in [0.15, 0.2) is 0 Å². The average molecular weight is 296 g/mol. The van der Waals surface area contributed by atoms with Gasteiger partial charge in [0, 0.05) is 30.4 Å². The second-order valence-electron chi connectivity index (χ2n) is 5.00. The topological polar surface area (TPSA) is 65.2 Å². The van der Waals surface area contributed by atoms with E-state index in [1.807, 2.05) is 42.5 Å². The molecule has 0 radical (unpaired) electrons. The van der Waals surface area contributed by atoms with Crippen molar-refractivity contribution in [3.8, 4) is 0 Å². The molecular formula is C18H20N2O2. The zero-order valence-corrected chi connectivity index (χ0v) is 12.6. The summed E-state index contributed by atoms with van der Waals surface area (Å²) in [6.07, 6.45) is 8.60. The van der Waals surface area contributed by atoms with E-state index in [-0.39, 0.29) is 11.9 Å². The molecule has 1 atom stereocenters. The number of anilines is 1. The number of pyridine rings is 1. The van der Waals surface area contributed by atoms with Crippen molar-refractivity contribution in [2.45, 2.75) is 18.8 Å². The Morgan fingerprint density at radius 2 is 2.14 bits per heavy atom. The van der Waals surface area contributed by atoms with Gasteiger partial charge in [-0.1, -0.05) is 36.4 Å². The Labute approximate surface area is 130 Å². The molecule has 0 fully saturated rings. The molecule has 0 aliphatic rings. The summed E-state index contributed by atoms with van der Waals surface area (Å²) in [7, 11) is 1.40. The van der Waals surface area contributed by atoms with Gasteiger partial charge in [0.1, 0.15) is 0 Å². The molecule has 22 heavy (non-hydrogen) atoms. The number of carbonyl (C=O) groups is 1. The SMILES string of the molecule is COC(=O)CCC(C=Cc1cccnc1)c1ccccc1N. The highest BCUT2D eigenvalue weighted by molar-refractivity contribution is 5.69. The number of para-hydroxylation sites is 1. The van der Waals surface area contributed by atoms with Crippen LogP contribution in [0.1, 0.15) is 29.9 Å². The molecule has 0 saturated carbocycles. The van der Waals surface area contributed by atoms with Crippen LogP contribution in [0.15, 0.2) is 54.9 Å². The van der Waals surface area contributed by atoms with Gasteiger partial charge in [-0.05, 0) is 29.7 Å². The van der Waals surface area contributed by atoms with Crippen LogP contribution in [0, 0.1) is 0 Å². The molecule has 114 valence electrons. The van der Waals surface area contributed by atoms with Crippen LogP contribution < -0.4 is 5.73 Å². The smallest absolute Gasteiger partial charge is 0.305 e. The molecule has 0 spiro atoms. The van der Waals surface area contributed by atoms with Crippen LogP contribution >= 0.6 is 0 Å². The molecule has 2 N–H and O–H groups in total. The fraction of sp³-hybridized carbons (Fsp3) is 0.222. The van der Waals surface area contributed by atoms with Crippen LogP contribution in [0.3, 0.4) is 0 Å². The molecule has 2 rings (SSSR count). The first-order valence-corrected chi connectivity index (χ1v) is 7.20. The second kappa shape index (κ2) is 7.98. The predicted octanol–water partition coefficient (Wildman–Crippen LogP) is 3.41. The number of hydrogen-bond acceptors (Lipinski definition) is 4. The molecule has 0 aliphatic heterocycles. The third kappa shape index (κ3) is 4.45. The lowest BCUT2D eigenvalue weighted by atomic mass is 9.92. The molecule has 0 saturated heterocycles. The number of benzene rings is 1. The molecule has 2 aromatic rings. The van der Waals surface area contributed by atoms with Crippen molar-refractivity contribution < 1.29 is 9.53 Å². The summed E-state index contributed by atoms with van der Waals surface area (Å²) in [6.45, 7) is 0. The number of nitrogens with two attached hydrogens (primary N) is 1. The third-order valence-electron chi connectivity index (χ3n) is 3.49. The van der Waals surface area contributed by atoms with Crippen molar-refractivity contribution >= 4 is 17.7 Å². The zero-order valence-electron chi connectivity index (χ0n) is 12.6. The van der Waals surface area contributed by atoms with Gasteiger partial charge in [0.2, 0.25) is 0 Å². The molecule has 1 unspecified atom stereocenters. The van der Waals surface area contributed by atoms with E-state index in [0.717, 1.165) is 16.8 Å². The highest BCUT2D eigenvalue weighted by Crippen LogP contribution is 2.28. The van der Waals surface area contributed by atoms with E-state index in [2.05, 4.69) is 11.1 Å². The van der Waals surface area contributed by atoms with E-state index in [0.29, 0.717) is 12.8 Å². The predicted molar refractivity (Wildman–Crippen MR) is 88.1 cm³/mol. The minimum Gasteiger partial charge on any atom is -0.469 e. The minimum absolute atomic E-state index is 0.0560. The van der Waals surface area contributed by atoms with E-state index in [9.17, 15) is 4.79 Å². The monoisotopic (exact) mass is 296 g/mol. The van der Waals surface area contributed by atoms with Crippen molar-refractivity contribution in [1.82, 2.24) is 4.98 Å². The van der Waals surface area contributed by atoms with Gasteiger partial charge in [-0.2, -0.15) is 0 Å². The van der Waals surface area contributed by atoms with E-state index < -0.39 is 0 Å². The van der Waals surface area contributed by atoms with E-state index in [1.54, 1.807) is 12.4 Å². The van der Waals surface area contributed by atoms with E-state index >= 15 is 0 Å². The quantitative estimate of drug-likeness (QED) is 0.655. The van der Waals surface area contributed by atoms with E-state index in [1.165, 1.54) is 7.11 Å². The summed E-state index contributed by atoms with van der Waals surface area (Å²) >= 11 is 0. The summed E-state index contributed by atoms with van der Waals surface area (Å²) in [5, 5.41) is 0. The largest absolute Gasteiger partial charge is 0.469 e. The van der Waals surface area contributed by atoms with Gasteiger partial charge in [0.05, 0.1) is 7.11 Å². The average Bonchev–Trinajstić information content (AvgIpc) is 2.56. The van der Waals surface area contributed by atoms with Gasteiger partial charge in [0.25, 0.3) is 0 Å². The molecule has 1 heterocycles. The summed E-state index contributed by atoms with van der Waals surface area (Å²) in [4.78, 5) is 15.5. The normalized spacial score (nSPS) is 12.2. The van der Waals surface area contributed by atoms with Gasteiger partial charge in [-0.25, -0.2) is 0 Å². The summed E-state index contributed by atoms with van der Waals surface area (Å²) in [5.74, 6) is -0.158. The number of carbonyl (C=O) groups excluding carboxylic acids is 1. The number of rotatable bonds is 6. The van der Waals surface area contributed by atoms with Crippen molar-refractivity contribution in [2.24, 2.45) is 0 Å². The number of ether oxygens (including phenoxy) is 1. The van der Waals surface area contributed by atoms with Gasteiger partial charge < -0.3 is 10.5 Å². The van der Waals surface area contributed by atoms with E-state index in [4.69, 9.17) is 10.5 Å². The highest BCUT2D eigenvalue weighted by Gasteiger charge is 2.13. The first-order chi connectivity index (χ1) is 10.7. The molecule has 4 heteroatoms. The van der Waals surface area contributed by atoms with Crippen LogP contribution in [0.25, 0.3) is 6.08 Å². The molecule has 0 aliphatic carbocycles. The first-order valence-electron chi connectivity index (χ1n) is 7.20. The number of allylic oxidation sites excluding steroid dienone is 1. The highest BCUT2D eigenvalue weighted by atomic mass is 16.5. The Balaban J connectivity index is 2.20. The van der Waals surface area contributed by atoms with Crippen molar-refractivity contribution in [3.63, 3.8) is 0 Å². The van der Waals surface area contributed by atoms with Crippen LogP contribution in [0.2, 0.25) is 0 Å².